The van der Waals surface area contributed by atoms with Crippen molar-refractivity contribution in [1.82, 2.24) is 0 Å². The van der Waals surface area contributed by atoms with Gasteiger partial charge in [0.05, 0.1) is 18.4 Å². The SMILES string of the molecule is COC(=O)c1ccc2c(c1)OCC(=O)N2. The van der Waals surface area contributed by atoms with Crippen molar-refractivity contribution in [2.75, 3.05) is 19.0 Å². The van der Waals surface area contributed by atoms with Crippen molar-refractivity contribution in [1.29, 1.82) is 0 Å². The molecule has 1 amide bonds. The van der Waals surface area contributed by atoms with Crippen LogP contribution in [0.4, 0.5) is 5.69 Å². The maximum absolute atomic E-state index is 11.2. The van der Waals surface area contributed by atoms with Crippen molar-refractivity contribution in [2.45, 2.75) is 0 Å². The lowest BCUT2D eigenvalue weighted by Gasteiger charge is -2.17. The Morgan fingerprint density at radius 2 is 2.33 bits per heavy atom. The molecule has 0 bridgehead atoms. The van der Waals surface area contributed by atoms with Crippen LogP contribution in [-0.4, -0.2) is 25.6 Å². The lowest BCUT2D eigenvalue weighted by Crippen LogP contribution is -2.25. The summed E-state index contributed by atoms with van der Waals surface area (Å²) in [5.74, 6) is -0.149. The first-order valence-electron chi connectivity index (χ1n) is 4.36. The number of methoxy groups -OCH3 is 1. The van der Waals surface area contributed by atoms with Gasteiger partial charge < -0.3 is 14.8 Å². The van der Waals surface area contributed by atoms with Crippen molar-refractivity contribution in [3.05, 3.63) is 23.8 Å². The third kappa shape index (κ3) is 1.76. The molecule has 1 N–H and O–H groups in total. The summed E-state index contributed by atoms with van der Waals surface area (Å²) in [5, 5.41) is 2.63. The molecule has 15 heavy (non-hydrogen) atoms. The number of esters is 1. The Kier molecular flexibility index (Phi) is 2.29. The van der Waals surface area contributed by atoms with Gasteiger partial charge in [-0.15, -0.1) is 0 Å². The number of rotatable bonds is 1. The normalized spacial score (nSPS) is 13.5. The third-order valence-electron chi connectivity index (χ3n) is 2.04. The lowest BCUT2D eigenvalue weighted by molar-refractivity contribution is -0.118. The molecule has 0 spiro atoms. The van der Waals surface area contributed by atoms with Crippen molar-refractivity contribution < 1.29 is 19.1 Å². The van der Waals surface area contributed by atoms with E-state index in [2.05, 4.69) is 10.1 Å². The molecule has 1 aliphatic heterocycles. The Hall–Kier alpha value is -2.04. The van der Waals surface area contributed by atoms with Gasteiger partial charge >= 0.3 is 5.97 Å². The zero-order chi connectivity index (χ0) is 10.8. The zero-order valence-electron chi connectivity index (χ0n) is 8.07. The molecule has 78 valence electrons. The van der Waals surface area contributed by atoms with Crippen molar-refractivity contribution in [3.63, 3.8) is 0 Å². The molecule has 2 rings (SSSR count). The van der Waals surface area contributed by atoms with E-state index in [-0.39, 0.29) is 12.5 Å². The van der Waals surface area contributed by atoms with Gasteiger partial charge in [0.15, 0.2) is 6.61 Å². The maximum atomic E-state index is 11.2. The Bertz CT molecular complexity index is 427. The Labute approximate surface area is 86.0 Å². The first-order chi connectivity index (χ1) is 7.20. The second-order valence-electron chi connectivity index (χ2n) is 3.04. The fraction of sp³-hybridized carbons (Fsp3) is 0.200. The summed E-state index contributed by atoms with van der Waals surface area (Å²) >= 11 is 0. The van der Waals surface area contributed by atoms with Gasteiger partial charge in [-0.25, -0.2) is 4.79 Å². The van der Waals surface area contributed by atoms with Gasteiger partial charge in [0, 0.05) is 0 Å². The monoisotopic (exact) mass is 207 g/mol. The number of hydrogen-bond acceptors (Lipinski definition) is 4. The molecule has 0 aromatic heterocycles. The molecule has 1 aromatic rings. The molecule has 0 saturated heterocycles. The smallest absolute Gasteiger partial charge is 0.337 e. The van der Waals surface area contributed by atoms with Gasteiger partial charge in [-0.05, 0) is 18.2 Å². The molecule has 5 heteroatoms. The van der Waals surface area contributed by atoms with E-state index in [4.69, 9.17) is 4.74 Å². The predicted molar refractivity (Wildman–Crippen MR) is 51.9 cm³/mol. The number of ether oxygens (including phenoxy) is 2. The number of carbonyl (C=O) groups excluding carboxylic acids is 2. The van der Waals surface area contributed by atoms with E-state index in [1.807, 2.05) is 0 Å². The Balaban J connectivity index is 2.34. The fourth-order valence-corrected chi connectivity index (χ4v) is 1.32. The fourth-order valence-electron chi connectivity index (χ4n) is 1.32. The van der Waals surface area contributed by atoms with Crippen LogP contribution >= 0.6 is 0 Å². The van der Waals surface area contributed by atoms with E-state index in [0.29, 0.717) is 17.0 Å². The van der Waals surface area contributed by atoms with Crippen LogP contribution in [0, 0.1) is 0 Å². The lowest BCUT2D eigenvalue weighted by atomic mass is 10.1. The average molecular weight is 207 g/mol. The summed E-state index contributed by atoms with van der Waals surface area (Å²) in [4.78, 5) is 22.2. The first-order valence-corrected chi connectivity index (χ1v) is 4.36. The van der Waals surface area contributed by atoms with Crippen LogP contribution < -0.4 is 10.1 Å². The van der Waals surface area contributed by atoms with E-state index >= 15 is 0 Å². The molecule has 0 atom stereocenters. The van der Waals surface area contributed by atoms with Crippen LogP contribution in [0.5, 0.6) is 5.75 Å². The Morgan fingerprint density at radius 3 is 3.07 bits per heavy atom. The second-order valence-corrected chi connectivity index (χ2v) is 3.04. The highest BCUT2D eigenvalue weighted by molar-refractivity contribution is 5.97. The van der Waals surface area contributed by atoms with Crippen LogP contribution in [0.25, 0.3) is 0 Å². The van der Waals surface area contributed by atoms with Crippen molar-refractivity contribution in [2.24, 2.45) is 0 Å². The number of fused-ring (bicyclic) bond motifs is 1. The molecule has 0 saturated carbocycles. The summed E-state index contributed by atoms with van der Waals surface area (Å²) < 4.78 is 9.72. The summed E-state index contributed by atoms with van der Waals surface area (Å²) in [6, 6.07) is 4.72. The van der Waals surface area contributed by atoms with Gasteiger partial charge in [0.1, 0.15) is 5.75 Å². The highest BCUT2D eigenvalue weighted by atomic mass is 16.5. The summed E-state index contributed by atoms with van der Waals surface area (Å²) in [5.41, 5.74) is 0.964. The number of nitrogens with one attached hydrogen (secondary N) is 1. The van der Waals surface area contributed by atoms with Crippen LogP contribution in [0.1, 0.15) is 10.4 Å². The minimum atomic E-state index is -0.432. The minimum absolute atomic E-state index is 0.0301. The molecule has 1 heterocycles. The number of hydrogen-bond donors (Lipinski definition) is 1. The maximum Gasteiger partial charge on any atom is 0.337 e. The molecule has 0 fully saturated rings. The third-order valence-corrected chi connectivity index (χ3v) is 2.04. The van der Waals surface area contributed by atoms with Gasteiger partial charge in [-0.3, -0.25) is 4.79 Å². The molecule has 0 radical (unpaired) electrons. The molecular formula is C10H9NO4. The zero-order valence-corrected chi connectivity index (χ0v) is 8.07. The highest BCUT2D eigenvalue weighted by Gasteiger charge is 2.17. The molecule has 0 aliphatic carbocycles. The first kappa shape index (κ1) is 9.51. The van der Waals surface area contributed by atoms with Crippen LogP contribution in [-0.2, 0) is 9.53 Å². The van der Waals surface area contributed by atoms with Crippen molar-refractivity contribution >= 4 is 17.6 Å². The highest BCUT2D eigenvalue weighted by Crippen LogP contribution is 2.28. The number of benzene rings is 1. The van der Waals surface area contributed by atoms with E-state index in [1.165, 1.54) is 7.11 Å². The largest absolute Gasteiger partial charge is 0.482 e. The quantitative estimate of drug-likeness (QED) is 0.692. The Morgan fingerprint density at radius 1 is 1.53 bits per heavy atom. The van der Waals surface area contributed by atoms with Crippen LogP contribution in [0.15, 0.2) is 18.2 Å². The number of amides is 1. The van der Waals surface area contributed by atoms with Gasteiger partial charge in [0.2, 0.25) is 0 Å². The van der Waals surface area contributed by atoms with E-state index < -0.39 is 5.97 Å². The van der Waals surface area contributed by atoms with Crippen molar-refractivity contribution in [3.8, 4) is 5.75 Å². The number of carbonyl (C=O) groups is 2. The molecule has 5 nitrogen and oxygen atoms in total. The summed E-state index contributed by atoms with van der Waals surface area (Å²) in [7, 11) is 1.31. The summed E-state index contributed by atoms with van der Waals surface area (Å²) in [6.07, 6.45) is 0. The molecule has 1 aromatic carbocycles. The van der Waals surface area contributed by atoms with Gasteiger partial charge in [-0.2, -0.15) is 0 Å². The summed E-state index contributed by atoms with van der Waals surface area (Å²) in [6.45, 7) is -0.0301. The van der Waals surface area contributed by atoms with E-state index in [1.54, 1.807) is 18.2 Å². The minimum Gasteiger partial charge on any atom is -0.482 e. The molecule has 1 aliphatic rings. The van der Waals surface area contributed by atoms with Gasteiger partial charge in [-0.1, -0.05) is 0 Å². The second kappa shape index (κ2) is 3.61. The average Bonchev–Trinajstić information content (AvgIpc) is 2.27. The molecular weight excluding hydrogens is 198 g/mol. The molecule has 0 unspecified atom stereocenters. The van der Waals surface area contributed by atoms with Gasteiger partial charge in [0.25, 0.3) is 5.91 Å². The standard InChI is InChI=1S/C10H9NO4/c1-14-10(13)6-2-3-7-8(4-6)15-5-9(12)11-7/h2-4H,5H2,1H3,(H,11,12). The van der Waals surface area contributed by atoms with E-state index in [0.717, 1.165) is 0 Å². The number of anilines is 1. The topological polar surface area (TPSA) is 64.6 Å². The van der Waals surface area contributed by atoms with Crippen LogP contribution in [0.2, 0.25) is 0 Å². The predicted octanol–water partition coefficient (Wildman–Crippen LogP) is 0.804. The van der Waals surface area contributed by atoms with Crippen LogP contribution in [0.3, 0.4) is 0 Å². The van der Waals surface area contributed by atoms with E-state index in [9.17, 15) is 9.59 Å².